The molecule has 0 saturated heterocycles. The third-order valence-electron chi connectivity index (χ3n) is 14.0. The largest absolute Gasteiger partial charge is 0.376 e. The van der Waals surface area contributed by atoms with Crippen LogP contribution in [0.4, 0.5) is 28.4 Å². The third kappa shape index (κ3) is 5.44. The molecule has 12 rings (SSSR count). The normalized spacial score (nSPS) is 14.2. The van der Waals surface area contributed by atoms with E-state index in [1.807, 2.05) is 0 Å². The fraction of sp³-hybridized carbons (Fsp3) is 0.119. The van der Waals surface area contributed by atoms with Crippen molar-refractivity contribution >= 4 is 57.0 Å². The number of benzene rings is 9. The maximum Gasteiger partial charge on any atom is 0.333 e. The van der Waals surface area contributed by atoms with E-state index < -0.39 is 0 Å². The van der Waals surface area contributed by atoms with E-state index in [-0.39, 0.29) is 17.7 Å². The van der Waals surface area contributed by atoms with Gasteiger partial charge in [-0.2, -0.15) is 0 Å². The molecule has 1 aliphatic carbocycles. The maximum absolute atomic E-state index is 2.68. The zero-order valence-corrected chi connectivity index (χ0v) is 35.9. The highest BCUT2D eigenvalue weighted by molar-refractivity contribution is 6.94. The summed E-state index contributed by atoms with van der Waals surface area (Å²) in [6.45, 7) is 11.6. The second kappa shape index (κ2) is 13.5. The van der Waals surface area contributed by atoms with Crippen LogP contribution in [0.5, 0.6) is 0 Å². The molecule has 0 unspecified atom stereocenters. The fourth-order valence-electron chi connectivity index (χ4n) is 10.9. The van der Waals surface area contributed by atoms with Gasteiger partial charge in [-0.25, -0.2) is 0 Å². The van der Waals surface area contributed by atoms with Crippen LogP contribution in [0.15, 0.2) is 194 Å². The summed E-state index contributed by atoms with van der Waals surface area (Å²) in [5.41, 5.74) is 22.7. The number of anilines is 5. The first-order chi connectivity index (χ1) is 30.1. The van der Waals surface area contributed by atoms with E-state index in [9.17, 15) is 0 Å². The molecule has 0 radical (unpaired) electrons. The molecule has 0 N–H and O–H groups in total. The van der Waals surface area contributed by atoms with Crippen molar-refractivity contribution in [1.82, 2.24) is 0 Å². The van der Waals surface area contributed by atoms with Gasteiger partial charge in [-0.3, -0.25) is 0 Å². The zero-order valence-electron chi connectivity index (χ0n) is 35.9. The van der Waals surface area contributed by atoms with Gasteiger partial charge in [0.1, 0.15) is 0 Å². The lowest BCUT2D eigenvalue weighted by molar-refractivity contribution is 0.590. The Labute approximate surface area is 365 Å². The average Bonchev–Trinajstić information content (AvgIpc) is 3.53. The summed E-state index contributed by atoms with van der Waals surface area (Å²) in [4.78, 5) is 5.24. The minimum Gasteiger partial charge on any atom is -0.376 e. The van der Waals surface area contributed by atoms with E-state index in [2.05, 4.69) is 238 Å². The van der Waals surface area contributed by atoms with Gasteiger partial charge in [-0.15, -0.1) is 0 Å². The van der Waals surface area contributed by atoms with Crippen molar-refractivity contribution in [3.63, 3.8) is 0 Å². The standard InChI is InChI=1S/C59H47BN2/c1-58(2,3)43-28-30-44(31-29-43)62-53-37-51-48(47-25-14-15-26-50(47)59(51,4)5)36-49(53)56-46-24-13-12-21-42(46)35-55-57(56)60(62)52-32-27-41(39-19-10-7-11-20-39)34-54(52)61(55)45-23-16-22-40(33-45)38-17-8-6-9-18-38/h6-37H,1-5H3. The topological polar surface area (TPSA) is 6.48 Å². The molecule has 0 bridgehead atoms. The minimum absolute atomic E-state index is 0.0354. The third-order valence-corrected chi connectivity index (χ3v) is 14.0. The van der Waals surface area contributed by atoms with Crippen LogP contribution in [-0.2, 0) is 10.8 Å². The molecule has 3 heteroatoms. The van der Waals surface area contributed by atoms with E-state index in [4.69, 9.17) is 0 Å². The summed E-state index contributed by atoms with van der Waals surface area (Å²) in [5, 5.41) is 2.52. The maximum atomic E-state index is 2.68. The van der Waals surface area contributed by atoms with Crippen LogP contribution in [0.25, 0.3) is 55.3 Å². The molecule has 0 atom stereocenters. The Morgan fingerprint density at radius 1 is 0.452 bits per heavy atom. The second-order valence-electron chi connectivity index (χ2n) is 19.0. The minimum atomic E-state index is -0.150. The fourth-order valence-corrected chi connectivity index (χ4v) is 10.9. The van der Waals surface area contributed by atoms with E-state index >= 15 is 0 Å². The van der Waals surface area contributed by atoms with Crippen molar-refractivity contribution in [3.05, 3.63) is 211 Å². The highest BCUT2D eigenvalue weighted by Crippen LogP contribution is 2.56. The van der Waals surface area contributed by atoms with E-state index in [0.29, 0.717) is 0 Å². The van der Waals surface area contributed by atoms with Crippen molar-refractivity contribution in [2.75, 3.05) is 9.71 Å². The summed E-state index contributed by atoms with van der Waals surface area (Å²) >= 11 is 0. The molecule has 0 fully saturated rings. The molecule has 0 saturated carbocycles. The van der Waals surface area contributed by atoms with E-state index in [1.165, 1.54) is 106 Å². The molecule has 0 spiro atoms. The smallest absolute Gasteiger partial charge is 0.333 e. The van der Waals surface area contributed by atoms with E-state index in [1.54, 1.807) is 0 Å². The Kier molecular flexibility index (Phi) is 7.97. The summed E-state index contributed by atoms with van der Waals surface area (Å²) in [7, 11) is 0. The molecule has 2 aliphatic heterocycles. The molecular formula is C59H47BN2. The molecule has 0 amide bonds. The van der Waals surface area contributed by atoms with Gasteiger partial charge in [0.25, 0.3) is 0 Å². The monoisotopic (exact) mass is 794 g/mol. The van der Waals surface area contributed by atoms with Crippen molar-refractivity contribution in [1.29, 1.82) is 0 Å². The SMILES string of the molecule is CC(C)(C)c1ccc(N2B3c4ccc(-c5ccccc5)cc4N(c4cccc(-c5ccccc5)c4)c4cc5ccccc5c(c43)-c3cc4c(cc32)C(C)(C)c2ccccc2-4)cc1. The average molecular weight is 795 g/mol. The predicted octanol–water partition coefficient (Wildman–Crippen LogP) is 14.5. The van der Waals surface area contributed by atoms with Gasteiger partial charge in [0, 0.05) is 39.4 Å². The summed E-state index contributed by atoms with van der Waals surface area (Å²) < 4.78 is 0. The lowest BCUT2D eigenvalue weighted by Crippen LogP contribution is -2.61. The lowest BCUT2D eigenvalue weighted by atomic mass is 9.43. The first kappa shape index (κ1) is 36.7. The number of hydrogen-bond acceptors (Lipinski definition) is 2. The molecule has 2 nitrogen and oxygen atoms in total. The summed E-state index contributed by atoms with van der Waals surface area (Å²) in [6.07, 6.45) is 0. The second-order valence-corrected chi connectivity index (χ2v) is 19.0. The number of rotatable bonds is 4. The Balaban J connectivity index is 1.21. The summed E-state index contributed by atoms with van der Waals surface area (Å²) in [6, 6.07) is 73.1. The van der Waals surface area contributed by atoms with Gasteiger partial charge in [0.05, 0.1) is 0 Å². The number of hydrogen-bond donors (Lipinski definition) is 0. The molecular weight excluding hydrogens is 747 g/mol. The first-order valence-corrected chi connectivity index (χ1v) is 22.0. The van der Waals surface area contributed by atoms with Crippen LogP contribution < -0.4 is 20.6 Å². The molecule has 3 aliphatic rings. The van der Waals surface area contributed by atoms with Crippen LogP contribution in [-0.4, -0.2) is 6.85 Å². The number of nitrogens with zero attached hydrogens (tertiary/aromatic N) is 2. The molecule has 2 heterocycles. The van der Waals surface area contributed by atoms with E-state index in [0.717, 1.165) is 5.69 Å². The molecule has 296 valence electrons. The molecule has 9 aromatic rings. The van der Waals surface area contributed by atoms with Crippen LogP contribution >= 0.6 is 0 Å². The van der Waals surface area contributed by atoms with Crippen LogP contribution in [0, 0.1) is 0 Å². The molecule has 62 heavy (non-hydrogen) atoms. The highest BCUT2D eigenvalue weighted by atomic mass is 15.2. The van der Waals surface area contributed by atoms with Gasteiger partial charge in [-0.05, 0) is 131 Å². The molecule has 0 aromatic heterocycles. The molecule has 9 aromatic carbocycles. The quantitative estimate of drug-likeness (QED) is 0.164. The van der Waals surface area contributed by atoms with Crippen molar-refractivity contribution in [2.45, 2.75) is 45.4 Å². The van der Waals surface area contributed by atoms with Crippen LogP contribution in [0.1, 0.15) is 51.3 Å². The van der Waals surface area contributed by atoms with Gasteiger partial charge in [-0.1, -0.05) is 180 Å². The zero-order chi connectivity index (χ0) is 41.9. The van der Waals surface area contributed by atoms with Gasteiger partial charge in [0.15, 0.2) is 0 Å². The Morgan fingerprint density at radius 3 is 1.85 bits per heavy atom. The van der Waals surface area contributed by atoms with Crippen molar-refractivity contribution < 1.29 is 0 Å². The van der Waals surface area contributed by atoms with Crippen LogP contribution in [0.2, 0.25) is 0 Å². The van der Waals surface area contributed by atoms with Crippen LogP contribution in [0.3, 0.4) is 0 Å². The Bertz CT molecular complexity index is 3250. The van der Waals surface area contributed by atoms with Gasteiger partial charge in [0.2, 0.25) is 0 Å². The predicted molar refractivity (Wildman–Crippen MR) is 265 cm³/mol. The Morgan fingerprint density at radius 2 is 1.11 bits per heavy atom. The summed E-state index contributed by atoms with van der Waals surface area (Å²) in [5.74, 6) is 0. The number of fused-ring (bicyclic) bond motifs is 9. The van der Waals surface area contributed by atoms with Crippen molar-refractivity contribution in [2.24, 2.45) is 0 Å². The van der Waals surface area contributed by atoms with Gasteiger partial charge >= 0.3 is 6.85 Å². The highest BCUT2D eigenvalue weighted by Gasteiger charge is 2.47. The van der Waals surface area contributed by atoms with Crippen molar-refractivity contribution in [3.8, 4) is 44.5 Å². The van der Waals surface area contributed by atoms with Gasteiger partial charge < -0.3 is 9.71 Å². The Hall–Kier alpha value is -7.10. The first-order valence-electron chi connectivity index (χ1n) is 22.0. The lowest BCUT2D eigenvalue weighted by Gasteiger charge is -2.46.